The van der Waals surface area contributed by atoms with Crippen molar-refractivity contribution >= 4 is 7.82 Å². The van der Waals surface area contributed by atoms with E-state index in [9.17, 15) is 9.67 Å². The summed E-state index contributed by atoms with van der Waals surface area (Å²) in [6.07, 6.45) is 24.2. The molecule has 4 unspecified atom stereocenters. The van der Waals surface area contributed by atoms with Gasteiger partial charge in [-0.1, -0.05) is 90.4 Å². The summed E-state index contributed by atoms with van der Waals surface area (Å²) < 4.78 is 46.6. The highest BCUT2D eigenvalue weighted by Crippen LogP contribution is 2.48. The van der Waals surface area contributed by atoms with Gasteiger partial charge in [0.25, 0.3) is 0 Å². The van der Waals surface area contributed by atoms with Crippen molar-refractivity contribution in [1.29, 1.82) is 0 Å². The molecule has 1 fully saturated rings. The van der Waals surface area contributed by atoms with Crippen LogP contribution in [0.4, 0.5) is 0 Å². The summed E-state index contributed by atoms with van der Waals surface area (Å²) in [6, 6.07) is 0. The molecule has 0 spiro atoms. The van der Waals surface area contributed by atoms with Crippen molar-refractivity contribution in [3.8, 4) is 0 Å². The number of rotatable bonds is 33. The maximum absolute atomic E-state index is 12.9. The van der Waals surface area contributed by atoms with Gasteiger partial charge in [-0.25, -0.2) is 4.57 Å². The van der Waals surface area contributed by atoms with E-state index in [4.69, 9.17) is 27.8 Å². The van der Waals surface area contributed by atoms with Crippen LogP contribution >= 0.6 is 7.82 Å². The summed E-state index contributed by atoms with van der Waals surface area (Å²) in [7, 11) is -2.35. The molecule has 0 amide bonds. The summed E-state index contributed by atoms with van der Waals surface area (Å²) in [5, 5.41) is 9.85. The lowest BCUT2D eigenvalue weighted by atomic mass is 10.0. The molecule has 0 aromatic heterocycles. The van der Waals surface area contributed by atoms with Crippen LogP contribution in [-0.2, 0) is 32.3 Å². The molecule has 1 heterocycles. The first kappa shape index (κ1) is 41.0. The van der Waals surface area contributed by atoms with Crippen LogP contribution in [0.5, 0.6) is 0 Å². The Kier molecular flexibility index (Phi) is 24.8. The minimum atomic E-state index is -3.68. The van der Waals surface area contributed by atoms with Gasteiger partial charge in [0.1, 0.15) is 6.10 Å². The first-order valence-electron chi connectivity index (χ1n) is 17.7. The van der Waals surface area contributed by atoms with Gasteiger partial charge >= 0.3 is 7.82 Å². The van der Waals surface area contributed by atoms with E-state index in [1.807, 2.05) is 0 Å². The van der Waals surface area contributed by atoms with Gasteiger partial charge in [0, 0.05) is 20.3 Å². The van der Waals surface area contributed by atoms with Crippen LogP contribution in [0.15, 0.2) is 0 Å². The molecule has 0 aliphatic carbocycles. The Hall–Kier alpha value is -0.0500. The summed E-state index contributed by atoms with van der Waals surface area (Å²) >= 11 is 0. The SMILES string of the molecule is CCCCCCCCCCCCCCCCOCC(COP(=O)(OC)OCCCCC(C)(C)O)OCCCCC1OC1C. The minimum absolute atomic E-state index is 0.0797. The topological polar surface area (TPSA) is 96.0 Å². The van der Waals surface area contributed by atoms with Crippen LogP contribution in [0.3, 0.4) is 0 Å². The van der Waals surface area contributed by atoms with E-state index in [0.717, 1.165) is 32.1 Å². The Morgan fingerprint density at radius 3 is 1.81 bits per heavy atom. The highest BCUT2D eigenvalue weighted by Gasteiger charge is 2.33. The molecule has 8 nitrogen and oxygen atoms in total. The van der Waals surface area contributed by atoms with Crippen molar-refractivity contribution in [2.75, 3.05) is 40.1 Å². The van der Waals surface area contributed by atoms with Crippen molar-refractivity contribution in [3.05, 3.63) is 0 Å². The van der Waals surface area contributed by atoms with Gasteiger partial charge in [-0.15, -0.1) is 0 Å². The van der Waals surface area contributed by atoms with E-state index < -0.39 is 13.4 Å². The van der Waals surface area contributed by atoms with Gasteiger partial charge in [0.2, 0.25) is 0 Å². The Morgan fingerprint density at radius 1 is 0.744 bits per heavy atom. The highest BCUT2D eigenvalue weighted by molar-refractivity contribution is 7.48. The van der Waals surface area contributed by atoms with Crippen LogP contribution < -0.4 is 0 Å². The molecule has 258 valence electrons. The average molecular weight is 637 g/mol. The molecule has 1 rings (SSSR count). The molecule has 0 radical (unpaired) electrons. The van der Waals surface area contributed by atoms with E-state index in [2.05, 4.69) is 13.8 Å². The van der Waals surface area contributed by atoms with Crippen LogP contribution in [0, 0.1) is 0 Å². The van der Waals surface area contributed by atoms with E-state index in [1.54, 1.807) is 13.8 Å². The molecule has 43 heavy (non-hydrogen) atoms. The zero-order chi connectivity index (χ0) is 31.7. The number of epoxide rings is 1. The maximum Gasteiger partial charge on any atom is 0.474 e. The molecule has 4 atom stereocenters. The van der Waals surface area contributed by atoms with Crippen LogP contribution in [0.1, 0.15) is 156 Å². The lowest BCUT2D eigenvalue weighted by Crippen LogP contribution is -2.26. The second-order valence-corrected chi connectivity index (χ2v) is 14.8. The Balaban J connectivity index is 2.20. The molecule has 1 N–H and O–H groups in total. The van der Waals surface area contributed by atoms with Gasteiger partial charge in [-0.3, -0.25) is 13.6 Å². The van der Waals surface area contributed by atoms with Crippen LogP contribution in [0.25, 0.3) is 0 Å². The quantitative estimate of drug-likeness (QED) is 0.0432. The average Bonchev–Trinajstić information content (AvgIpc) is 3.68. The summed E-state index contributed by atoms with van der Waals surface area (Å²) in [5.41, 5.74) is -0.720. The zero-order valence-corrected chi connectivity index (χ0v) is 29.6. The molecule has 0 aromatic rings. The fourth-order valence-corrected chi connectivity index (χ4v) is 6.13. The third-order valence-electron chi connectivity index (χ3n) is 8.09. The van der Waals surface area contributed by atoms with Gasteiger partial charge in [0.05, 0.1) is 37.6 Å². The number of ether oxygens (including phenoxy) is 3. The molecule has 1 saturated heterocycles. The Morgan fingerprint density at radius 2 is 1.28 bits per heavy atom. The number of hydrogen-bond donors (Lipinski definition) is 1. The zero-order valence-electron chi connectivity index (χ0n) is 28.7. The molecular weight excluding hydrogens is 567 g/mol. The molecule has 0 saturated carbocycles. The highest BCUT2D eigenvalue weighted by atomic mass is 31.2. The number of hydrogen-bond acceptors (Lipinski definition) is 8. The van der Waals surface area contributed by atoms with Crippen molar-refractivity contribution in [2.45, 2.75) is 180 Å². The first-order chi connectivity index (χ1) is 20.7. The largest absolute Gasteiger partial charge is 0.474 e. The third-order valence-corrected chi connectivity index (χ3v) is 9.50. The molecule has 1 aliphatic rings. The standard InChI is InChI=1S/C34H69O8P/c1-6-7-8-9-10-11-12-13-14-15-16-17-18-21-26-38-29-32(39-27-22-19-24-33-31(2)42-33)30-41-43(36,37-5)40-28-23-20-25-34(3,4)35/h31-33,35H,6-30H2,1-5H3. The lowest BCUT2D eigenvalue weighted by Gasteiger charge is -2.22. The fraction of sp³-hybridized carbons (Fsp3) is 1.00. The molecule has 0 bridgehead atoms. The van der Waals surface area contributed by atoms with Gasteiger partial charge in [0.15, 0.2) is 0 Å². The monoisotopic (exact) mass is 636 g/mol. The summed E-state index contributed by atoms with van der Waals surface area (Å²) in [6.45, 7) is 9.92. The van der Waals surface area contributed by atoms with E-state index in [-0.39, 0.29) is 19.3 Å². The first-order valence-corrected chi connectivity index (χ1v) is 19.2. The van der Waals surface area contributed by atoms with Crippen molar-refractivity contribution in [3.63, 3.8) is 0 Å². The number of phosphoric ester groups is 1. The third kappa shape index (κ3) is 25.8. The fourth-order valence-electron chi connectivity index (χ4n) is 5.14. The van der Waals surface area contributed by atoms with Crippen molar-refractivity contribution in [2.24, 2.45) is 0 Å². The predicted molar refractivity (Wildman–Crippen MR) is 176 cm³/mol. The molecule has 1 aliphatic heterocycles. The molecule has 0 aromatic carbocycles. The van der Waals surface area contributed by atoms with E-state index in [0.29, 0.717) is 44.9 Å². The smallest absolute Gasteiger partial charge is 0.390 e. The lowest BCUT2D eigenvalue weighted by molar-refractivity contribution is -0.0453. The molecular formula is C34H69O8P. The van der Waals surface area contributed by atoms with E-state index >= 15 is 0 Å². The Labute approximate surface area is 265 Å². The van der Waals surface area contributed by atoms with Gasteiger partial charge in [-0.05, 0) is 65.7 Å². The Bertz CT molecular complexity index is 671. The summed E-state index contributed by atoms with van der Waals surface area (Å²) in [4.78, 5) is 0. The molecule has 9 heteroatoms. The van der Waals surface area contributed by atoms with Crippen LogP contribution in [0.2, 0.25) is 0 Å². The minimum Gasteiger partial charge on any atom is -0.390 e. The van der Waals surface area contributed by atoms with Crippen molar-refractivity contribution < 1.29 is 37.5 Å². The van der Waals surface area contributed by atoms with Gasteiger partial charge in [-0.2, -0.15) is 0 Å². The number of phosphoric acid groups is 1. The summed E-state index contributed by atoms with van der Waals surface area (Å²) in [5.74, 6) is 0. The van der Waals surface area contributed by atoms with Crippen molar-refractivity contribution in [1.82, 2.24) is 0 Å². The van der Waals surface area contributed by atoms with E-state index in [1.165, 1.54) is 90.6 Å². The number of aliphatic hydroxyl groups is 1. The maximum atomic E-state index is 12.9. The second kappa shape index (κ2) is 26.1. The van der Waals surface area contributed by atoms with Gasteiger partial charge < -0.3 is 19.3 Å². The van der Waals surface area contributed by atoms with Crippen LogP contribution in [-0.4, -0.2) is 69.2 Å². The second-order valence-electron chi connectivity index (χ2n) is 13.1. The number of unbranched alkanes of at least 4 members (excludes halogenated alkanes) is 15. The predicted octanol–water partition coefficient (Wildman–Crippen LogP) is 9.56. The normalized spacial score (nSPS) is 19.0.